The summed E-state index contributed by atoms with van der Waals surface area (Å²) in [5.74, 6) is 0.892. The lowest BCUT2D eigenvalue weighted by Crippen LogP contribution is -1.99. The van der Waals surface area contributed by atoms with Crippen LogP contribution in [0.15, 0.2) is 72.3 Å². The first kappa shape index (κ1) is 13.9. The number of halogens is 1. The molecule has 0 unspecified atom stereocenters. The summed E-state index contributed by atoms with van der Waals surface area (Å²) in [6, 6.07) is 21.2. The second-order valence-electron chi connectivity index (χ2n) is 4.61. The van der Waals surface area contributed by atoms with Crippen molar-refractivity contribution >= 4 is 11.6 Å². The molecule has 2 aromatic rings. The van der Waals surface area contributed by atoms with Gasteiger partial charge in [-0.25, -0.2) is 0 Å². The fourth-order valence-electron chi connectivity index (χ4n) is 2.20. The number of hydrogen-bond acceptors (Lipinski definition) is 0. The predicted octanol–water partition coefficient (Wildman–Crippen LogP) is 5.39. The van der Waals surface area contributed by atoms with E-state index >= 15 is 0 Å². The van der Waals surface area contributed by atoms with Gasteiger partial charge in [0.2, 0.25) is 0 Å². The summed E-state index contributed by atoms with van der Waals surface area (Å²) in [6.07, 6.45) is 3.30. The molecule has 2 aromatic carbocycles. The lowest BCUT2D eigenvalue weighted by atomic mass is 9.89. The molecule has 0 spiro atoms. The van der Waals surface area contributed by atoms with Crippen molar-refractivity contribution in [1.29, 1.82) is 0 Å². The molecule has 0 saturated carbocycles. The van der Waals surface area contributed by atoms with E-state index < -0.39 is 0 Å². The number of benzene rings is 2. The second-order valence-corrected chi connectivity index (χ2v) is 4.88. The highest BCUT2D eigenvalue weighted by atomic mass is 35.5. The van der Waals surface area contributed by atoms with Crippen molar-refractivity contribution in [3.63, 3.8) is 0 Å². The average Bonchev–Trinajstić information content (AvgIpc) is 2.50. The van der Waals surface area contributed by atoms with Gasteiger partial charge in [0.05, 0.1) is 0 Å². The Labute approximate surface area is 120 Å². The van der Waals surface area contributed by atoms with Gasteiger partial charge in [0.1, 0.15) is 0 Å². The van der Waals surface area contributed by atoms with Crippen LogP contribution in [0.25, 0.3) is 0 Å². The summed E-state index contributed by atoms with van der Waals surface area (Å²) in [5, 5.41) is 0. The SMILES string of the molecule is CC/C(=C/C(c1ccccc1)c1ccccc1)CCl. The highest BCUT2D eigenvalue weighted by molar-refractivity contribution is 6.19. The Morgan fingerprint density at radius 2 is 1.42 bits per heavy atom. The summed E-state index contributed by atoms with van der Waals surface area (Å²) in [5.41, 5.74) is 3.91. The maximum Gasteiger partial charge on any atom is 0.0433 e. The lowest BCUT2D eigenvalue weighted by Gasteiger charge is -2.15. The van der Waals surface area contributed by atoms with E-state index in [2.05, 4.69) is 73.7 Å². The molecule has 19 heavy (non-hydrogen) atoms. The van der Waals surface area contributed by atoms with Crippen LogP contribution in [0.5, 0.6) is 0 Å². The zero-order valence-electron chi connectivity index (χ0n) is 11.2. The largest absolute Gasteiger partial charge is 0.122 e. The van der Waals surface area contributed by atoms with E-state index in [9.17, 15) is 0 Å². The van der Waals surface area contributed by atoms with Crippen molar-refractivity contribution in [2.75, 3.05) is 5.88 Å². The van der Waals surface area contributed by atoms with Crippen molar-refractivity contribution in [2.24, 2.45) is 0 Å². The smallest absolute Gasteiger partial charge is 0.0433 e. The lowest BCUT2D eigenvalue weighted by molar-refractivity contribution is 0.978. The van der Waals surface area contributed by atoms with Crippen LogP contribution >= 0.6 is 11.6 Å². The van der Waals surface area contributed by atoms with Gasteiger partial charge >= 0.3 is 0 Å². The van der Waals surface area contributed by atoms with Crippen LogP contribution in [-0.4, -0.2) is 5.88 Å². The number of alkyl halides is 1. The van der Waals surface area contributed by atoms with E-state index in [-0.39, 0.29) is 5.92 Å². The van der Waals surface area contributed by atoms with Crippen LogP contribution in [0.4, 0.5) is 0 Å². The maximum absolute atomic E-state index is 6.02. The molecule has 0 bridgehead atoms. The number of rotatable bonds is 5. The van der Waals surface area contributed by atoms with Gasteiger partial charge in [-0.3, -0.25) is 0 Å². The minimum atomic E-state index is 0.288. The Morgan fingerprint density at radius 3 is 1.79 bits per heavy atom. The van der Waals surface area contributed by atoms with Gasteiger partial charge in [-0.1, -0.05) is 79.2 Å². The van der Waals surface area contributed by atoms with Crippen molar-refractivity contribution in [3.8, 4) is 0 Å². The molecule has 1 heteroatoms. The van der Waals surface area contributed by atoms with Crippen LogP contribution < -0.4 is 0 Å². The van der Waals surface area contributed by atoms with E-state index in [1.165, 1.54) is 16.7 Å². The molecule has 0 aromatic heterocycles. The van der Waals surface area contributed by atoms with Crippen LogP contribution in [-0.2, 0) is 0 Å². The summed E-state index contributed by atoms with van der Waals surface area (Å²) in [6.45, 7) is 2.15. The van der Waals surface area contributed by atoms with Crippen molar-refractivity contribution in [1.82, 2.24) is 0 Å². The zero-order valence-corrected chi connectivity index (χ0v) is 12.0. The standard InChI is InChI=1S/C18H19Cl/c1-2-15(14-19)13-18(16-9-5-3-6-10-16)17-11-7-4-8-12-17/h3-13,18H,2,14H2,1H3/b15-13-. The number of hydrogen-bond donors (Lipinski definition) is 0. The summed E-state index contributed by atoms with van der Waals surface area (Å²) < 4.78 is 0. The van der Waals surface area contributed by atoms with Gasteiger partial charge in [0.25, 0.3) is 0 Å². The number of allylic oxidation sites excluding steroid dienone is 2. The molecule has 0 aliphatic rings. The van der Waals surface area contributed by atoms with Gasteiger partial charge in [0, 0.05) is 11.8 Å². The van der Waals surface area contributed by atoms with Crippen LogP contribution in [0.3, 0.4) is 0 Å². The predicted molar refractivity (Wildman–Crippen MR) is 83.8 cm³/mol. The van der Waals surface area contributed by atoms with Crippen molar-refractivity contribution in [3.05, 3.63) is 83.4 Å². The first-order valence-corrected chi connectivity index (χ1v) is 7.24. The minimum absolute atomic E-state index is 0.288. The quantitative estimate of drug-likeness (QED) is 0.504. The third-order valence-corrected chi connectivity index (χ3v) is 3.69. The molecular weight excluding hydrogens is 252 g/mol. The molecule has 0 atom stereocenters. The molecule has 0 N–H and O–H groups in total. The molecule has 0 aliphatic heterocycles. The summed E-state index contributed by atoms with van der Waals surface area (Å²) in [7, 11) is 0. The Bertz CT molecular complexity index is 468. The Kier molecular flexibility index (Phi) is 5.23. The van der Waals surface area contributed by atoms with Crippen LogP contribution in [0.2, 0.25) is 0 Å². The zero-order chi connectivity index (χ0) is 13.5. The molecule has 2 rings (SSSR count). The van der Waals surface area contributed by atoms with E-state index in [4.69, 9.17) is 11.6 Å². The first-order chi connectivity index (χ1) is 9.35. The third-order valence-electron chi connectivity index (χ3n) is 3.35. The second kappa shape index (κ2) is 7.16. The van der Waals surface area contributed by atoms with E-state index in [0.717, 1.165) is 6.42 Å². The normalized spacial score (nSPS) is 11.8. The highest BCUT2D eigenvalue weighted by Crippen LogP contribution is 2.27. The molecule has 0 heterocycles. The molecule has 0 amide bonds. The maximum atomic E-state index is 6.02. The fourth-order valence-corrected chi connectivity index (χ4v) is 2.48. The van der Waals surface area contributed by atoms with Crippen LogP contribution in [0, 0.1) is 0 Å². The molecule has 0 fully saturated rings. The van der Waals surface area contributed by atoms with E-state index in [0.29, 0.717) is 5.88 Å². The molecule has 0 aliphatic carbocycles. The van der Waals surface area contributed by atoms with Gasteiger partial charge in [-0.05, 0) is 17.5 Å². The van der Waals surface area contributed by atoms with E-state index in [1.54, 1.807) is 0 Å². The van der Waals surface area contributed by atoms with Gasteiger partial charge < -0.3 is 0 Å². The Hall–Kier alpha value is -1.53. The van der Waals surface area contributed by atoms with E-state index in [1.807, 2.05) is 0 Å². The summed E-state index contributed by atoms with van der Waals surface area (Å²) >= 11 is 6.02. The molecular formula is C18H19Cl. The third kappa shape index (κ3) is 3.71. The highest BCUT2D eigenvalue weighted by Gasteiger charge is 2.11. The Balaban J connectivity index is 2.43. The van der Waals surface area contributed by atoms with Crippen molar-refractivity contribution < 1.29 is 0 Å². The topological polar surface area (TPSA) is 0 Å². The fraction of sp³-hybridized carbons (Fsp3) is 0.222. The molecule has 0 saturated heterocycles. The average molecular weight is 271 g/mol. The van der Waals surface area contributed by atoms with Crippen molar-refractivity contribution in [2.45, 2.75) is 19.3 Å². The molecule has 98 valence electrons. The minimum Gasteiger partial charge on any atom is -0.122 e. The molecule has 0 radical (unpaired) electrons. The van der Waals surface area contributed by atoms with Crippen LogP contribution in [0.1, 0.15) is 30.4 Å². The van der Waals surface area contributed by atoms with Gasteiger partial charge in [-0.15, -0.1) is 11.6 Å². The first-order valence-electron chi connectivity index (χ1n) is 6.70. The van der Waals surface area contributed by atoms with Gasteiger partial charge in [-0.2, -0.15) is 0 Å². The summed E-state index contributed by atoms with van der Waals surface area (Å²) in [4.78, 5) is 0. The monoisotopic (exact) mass is 270 g/mol. The molecule has 0 nitrogen and oxygen atoms in total. The van der Waals surface area contributed by atoms with Gasteiger partial charge in [0.15, 0.2) is 0 Å². The Morgan fingerprint density at radius 1 is 0.947 bits per heavy atom.